The van der Waals surface area contributed by atoms with Gasteiger partial charge in [-0.3, -0.25) is 29.4 Å². The molecular formula is C20H19N3O5. The van der Waals surface area contributed by atoms with E-state index in [1.54, 1.807) is 6.92 Å². The van der Waals surface area contributed by atoms with Gasteiger partial charge in [0, 0.05) is 17.8 Å². The number of rotatable bonds is 4. The highest BCUT2D eigenvalue weighted by Gasteiger charge is 2.67. The lowest BCUT2D eigenvalue weighted by atomic mass is 9.63. The smallest absolute Gasteiger partial charge is 0.269 e. The predicted molar refractivity (Wildman–Crippen MR) is 97.7 cm³/mol. The van der Waals surface area contributed by atoms with Crippen LogP contribution in [0.3, 0.4) is 0 Å². The first-order chi connectivity index (χ1) is 13.4. The number of carbonyl (C=O) groups is 3. The first-order valence-corrected chi connectivity index (χ1v) is 9.49. The van der Waals surface area contributed by atoms with E-state index < -0.39 is 16.9 Å². The first kappa shape index (κ1) is 17.1. The molecule has 144 valence electrons. The maximum Gasteiger partial charge on any atom is 0.269 e. The number of hydrogen-bond donors (Lipinski definition) is 1. The zero-order chi connectivity index (χ0) is 19.7. The molecular weight excluding hydrogens is 362 g/mol. The minimum absolute atomic E-state index is 0.0819. The van der Waals surface area contributed by atoms with Crippen LogP contribution in [0.15, 0.2) is 36.4 Å². The second-order valence-electron chi connectivity index (χ2n) is 8.17. The first-order valence-electron chi connectivity index (χ1n) is 9.49. The molecule has 2 saturated carbocycles. The Labute approximate surface area is 160 Å². The molecule has 3 amide bonds. The molecule has 4 aliphatic carbocycles. The van der Waals surface area contributed by atoms with Crippen LogP contribution in [0.2, 0.25) is 0 Å². The molecule has 6 rings (SSSR count). The van der Waals surface area contributed by atoms with Crippen molar-refractivity contribution in [2.75, 3.05) is 5.32 Å². The van der Waals surface area contributed by atoms with Crippen LogP contribution in [0.5, 0.6) is 0 Å². The van der Waals surface area contributed by atoms with Gasteiger partial charge in [-0.25, -0.2) is 0 Å². The standard InChI is InChI=1S/C20H19N3O5/c1-9(18(24)21-10-2-4-11(5-3-10)23(27)28)22-19(25)16-12-6-7-13(15-8-14(12)15)17(16)20(22)26/h2-7,9,12-17H,8H2,1H3,(H,21,24)/t9-,12-,13-,14-,15-,16-,17+/m1/s1. The van der Waals surface area contributed by atoms with Crippen LogP contribution >= 0.6 is 0 Å². The van der Waals surface area contributed by atoms with Gasteiger partial charge in [0.25, 0.3) is 5.69 Å². The number of likely N-dealkylation sites (tertiary alicyclic amines) is 1. The Morgan fingerprint density at radius 2 is 1.64 bits per heavy atom. The highest BCUT2D eigenvalue weighted by molar-refractivity contribution is 6.10. The molecule has 5 aliphatic rings. The van der Waals surface area contributed by atoms with Gasteiger partial charge in [-0.05, 0) is 49.1 Å². The van der Waals surface area contributed by atoms with E-state index in [4.69, 9.17) is 0 Å². The van der Waals surface area contributed by atoms with Crippen molar-refractivity contribution in [1.82, 2.24) is 4.90 Å². The van der Waals surface area contributed by atoms with Crippen molar-refractivity contribution >= 4 is 29.1 Å². The molecule has 1 aromatic carbocycles. The zero-order valence-electron chi connectivity index (χ0n) is 15.1. The molecule has 1 saturated heterocycles. The summed E-state index contributed by atoms with van der Waals surface area (Å²) in [6, 6.07) is 4.49. The van der Waals surface area contributed by atoms with E-state index in [2.05, 4.69) is 17.5 Å². The van der Waals surface area contributed by atoms with Crippen molar-refractivity contribution in [1.29, 1.82) is 0 Å². The summed E-state index contributed by atoms with van der Waals surface area (Å²) in [4.78, 5) is 50.1. The number of anilines is 1. The SMILES string of the molecule is C[C@H](C(=O)Nc1ccc([N+](=O)[O-])cc1)N1C(=O)[C@@H]2[C@@H]3C=C[C@H]([C@H]4C[C@H]34)[C@@H]2C1=O. The summed E-state index contributed by atoms with van der Waals surface area (Å²) in [6.45, 7) is 1.55. The van der Waals surface area contributed by atoms with Gasteiger partial charge in [-0.15, -0.1) is 0 Å². The van der Waals surface area contributed by atoms with Crippen LogP contribution < -0.4 is 5.32 Å². The van der Waals surface area contributed by atoms with Gasteiger partial charge < -0.3 is 5.32 Å². The maximum atomic E-state index is 13.0. The Balaban J connectivity index is 1.33. The van der Waals surface area contributed by atoms with Crippen molar-refractivity contribution in [2.24, 2.45) is 35.5 Å². The van der Waals surface area contributed by atoms with Crippen LogP contribution in [0.1, 0.15) is 13.3 Å². The minimum atomic E-state index is -0.934. The van der Waals surface area contributed by atoms with Crippen LogP contribution in [-0.2, 0) is 14.4 Å². The second kappa shape index (κ2) is 5.73. The van der Waals surface area contributed by atoms with E-state index in [1.807, 2.05) is 0 Å². The average molecular weight is 381 g/mol. The topological polar surface area (TPSA) is 110 Å². The third kappa shape index (κ3) is 2.26. The normalized spacial score (nSPS) is 35.4. The number of carbonyl (C=O) groups excluding carboxylic acids is 3. The van der Waals surface area contributed by atoms with E-state index in [9.17, 15) is 24.5 Å². The summed E-state index contributed by atoms with van der Waals surface area (Å²) in [7, 11) is 0. The van der Waals surface area contributed by atoms with Gasteiger partial charge in [0.15, 0.2) is 0 Å². The Bertz CT molecular complexity index is 904. The average Bonchev–Trinajstić information content (AvgIpc) is 3.45. The summed E-state index contributed by atoms with van der Waals surface area (Å²) in [5, 5.41) is 13.4. The molecule has 3 fully saturated rings. The number of nitro benzene ring substituents is 1. The molecule has 0 spiro atoms. The number of hydrogen-bond acceptors (Lipinski definition) is 5. The molecule has 28 heavy (non-hydrogen) atoms. The van der Waals surface area contributed by atoms with E-state index in [0.717, 1.165) is 11.3 Å². The Morgan fingerprint density at radius 3 is 2.14 bits per heavy atom. The number of nitrogens with zero attached hydrogens (tertiary/aromatic N) is 2. The molecule has 1 N–H and O–H groups in total. The van der Waals surface area contributed by atoms with Crippen LogP contribution in [0, 0.1) is 45.6 Å². The third-order valence-electron chi connectivity index (χ3n) is 6.81. The predicted octanol–water partition coefficient (Wildman–Crippen LogP) is 1.97. The molecule has 0 radical (unpaired) electrons. The lowest BCUT2D eigenvalue weighted by molar-refractivity contribution is -0.384. The van der Waals surface area contributed by atoms with Crippen LogP contribution in [0.4, 0.5) is 11.4 Å². The minimum Gasteiger partial charge on any atom is -0.324 e. The Hall–Kier alpha value is -3.03. The molecule has 1 aromatic rings. The van der Waals surface area contributed by atoms with Gasteiger partial charge >= 0.3 is 0 Å². The van der Waals surface area contributed by atoms with E-state index in [0.29, 0.717) is 17.5 Å². The van der Waals surface area contributed by atoms with Gasteiger partial charge in [-0.1, -0.05) is 12.2 Å². The maximum absolute atomic E-state index is 13.0. The van der Waals surface area contributed by atoms with Crippen molar-refractivity contribution in [3.63, 3.8) is 0 Å². The molecule has 1 heterocycles. The fraction of sp³-hybridized carbons (Fsp3) is 0.450. The van der Waals surface area contributed by atoms with Crippen LogP contribution in [0.25, 0.3) is 0 Å². The van der Waals surface area contributed by atoms with Crippen molar-refractivity contribution in [2.45, 2.75) is 19.4 Å². The van der Waals surface area contributed by atoms with Crippen molar-refractivity contribution in [3.8, 4) is 0 Å². The highest BCUT2D eigenvalue weighted by Crippen LogP contribution is 2.65. The van der Waals surface area contributed by atoms with E-state index in [1.165, 1.54) is 24.3 Å². The van der Waals surface area contributed by atoms with E-state index in [-0.39, 0.29) is 41.2 Å². The number of allylic oxidation sites excluding steroid dienone is 2. The third-order valence-corrected chi connectivity index (χ3v) is 6.81. The number of non-ortho nitro benzene ring substituents is 1. The zero-order valence-corrected chi connectivity index (χ0v) is 15.1. The van der Waals surface area contributed by atoms with Gasteiger partial charge in [0.2, 0.25) is 17.7 Å². The Morgan fingerprint density at radius 1 is 1.11 bits per heavy atom. The second-order valence-corrected chi connectivity index (χ2v) is 8.17. The molecule has 1 aliphatic heterocycles. The lowest BCUT2D eigenvalue weighted by Crippen LogP contribution is -2.46. The number of nitro groups is 1. The molecule has 8 nitrogen and oxygen atoms in total. The van der Waals surface area contributed by atoms with Crippen LogP contribution in [-0.4, -0.2) is 33.6 Å². The van der Waals surface area contributed by atoms with Crippen molar-refractivity contribution < 1.29 is 19.3 Å². The summed E-state index contributed by atoms with van der Waals surface area (Å²) >= 11 is 0. The molecule has 2 bridgehead atoms. The molecule has 0 aromatic heterocycles. The summed E-state index contributed by atoms with van der Waals surface area (Å²) in [5.74, 6) is -0.384. The van der Waals surface area contributed by atoms with E-state index >= 15 is 0 Å². The van der Waals surface area contributed by atoms with Gasteiger partial charge in [0.1, 0.15) is 6.04 Å². The molecule has 8 heteroatoms. The highest BCUT2D eigenvalue weighted by atomic mass is 16.6. The lowest BCUT2D eigenvalue weighted by Gasteiger charge is -2.37. The number of nitrogens with one attached hydrogen (secondary N) is 1. The summed E-state index contributed by atoms with van der Waals surface area (Å²) < 4.78 is 0. The summed E-state index contributed by atoms with van der Waals surface area (Å²) in [5.41, 5.74) is 0.295. The Kier molecular flexibility index (Phi) is 3.50. The monoisotopic (exact) mass is 381 g/mol. The number of imide groups is 1. The van der Waals surface area contributed by atoms with Gasteiger partial charge in [-0.2, -0.15) is 0 Å². The molecule has 7 atom stereocenters. The van der Waals surface area contributed by atoms with Gasteiger partial charge in [0.05, 0.1) is 16.8 Å². The quantitative estimate of drug-likeness (QED) is 0.371. The molecule has 0 unspecified atom stereocenters. The fourth-order valence-electron chi connectivity index (χ4n) is 5.39. The fourth-order valence-corrected chi connectivity index (χ4v) is 5.39. The summed E-state index contributed by atoms with van der Waals surface area (Å²) in [6.07, 6.45) is 5.28. The van der Waals surface area contributed by atoms with Crippen molar-refractivity contribution in [3.05, 3.63) is 46.5 Å². The number of amides is 3. The largest absolute Gasteiger partial charge is 0.324 e. The number of benzene rings is 1.